The molecule has 3 N–H and O–H groups in total. The Kier molecular flexibility index (Phi) is 9.76. The zero-order chi connectivity index (χ0) is 23.6. The maximum absolute atomic E-state index is 13.4. The normalized spacial score (nSPS) is 13.0. The fourth-order valence-electron chi connectivity index (χ4n) is 2.63. The molecule has 0 radical (unpaired) electrons. The number of halogens is 3. The van der Waals surface area contributed by atoms with E-state index in [1.165, 1.54) is 11.9 Å². The van der Waals surface area contributed by atoms with Crippen molar-refractivity contribution in [3.05, 3.63) is 54.1 Å². The highest BCUT2D eigenvalue weighted by atomic mass is 19.3. The Labute approximate surface area is 185 Å². The van der Waals surface area contributed by atoms with Crippen molar-refractivity contribution < 1.29 is 32.5 Å². The van der Waals surface area contributed by atoms with Gasteiger partial charge in [-0.1, -0.05) is 6.92 Å². The molecule has 0 aromatic heterocycles. The third-order valence-electron chi connectivity index (χ3n) is 4.62. The first-order chi connectivity index (χ1) is 15.3. The topological polar surface area (TPSA) is 89.5 Å². The Morgan fingerprint density at radius 2 is 1.75 bits per heavy atom. The van der Waals surface area contributed by atoms with Crippen LogP contribution in [0.2, 0.25) is 0 Å². The summed E-state index contributed by atoms with van der Waals surface area (Å²) in [4.78, 5) is 4.33. The summed E-state index contributed by atoms with van der Waals surface area (Å²) in [5, 5.41) is 10.2. The molecule has 0 amide bonds. The molecule has 2 aromatic rings. The number of benzene rings is 2. The fourth-order valence-corrected chi connectivity index (χ4v) is 2.63. The second kappa shape index (κ2) is 12.3. The predicted molar refractivity (Wildman–Crippen MR) is 116 cm³/mol. The Balaban J connectivity index is 2.20. The largest absolute Gasteiger partial charge is 0.497 e. The monoisotopic (exact) mass is 455 g/mol. The summed E-state index contributed by atoms with van der Waals surface area (Å²) < 4.78 is 55.0. The second-order valence-corrected chi connectivity index (χ2v) is 6.94. The maximum Gasteiger partial charge on any atom is 0.280 e. The maximum atomic E-state index is 13.4. The van der Waals surface area contributed by atoms with Gasteiger partial charge in [0.15, 0.2) is 12.5 Å². The van der Waals surface area contributed by atoms with E-state index in [9.17, 15) is 13.2 Å². The summed E-state index contributed by atoms with van der Waals surface area (Å²) in [7, 11) is 1.55. The molecule has 0 bridgehead atoms. The number of methoxy groups -OCH3 is 1. The number of aliphatic hydroxyl groups is 1. The molecule has 10 heteroatoms. The number of nitrogens with two attached hydrogens (primary N) is 1. The lowest BCUT2D eigenvalue weighted by atomic mass is 10.1. The molecular weight excluding hydrogens is 427 g/mol. The highest BCUT2D eigenvalue weighted by molar-refractivity contribution is 6.09. The van der Waals surface area contributed by atoms with Crippen molar-refractivity contribution in [2.75, 3.05) is 45.3 Å². The minimum atomic E-state index is -3.46. The van der Waals surface area contributed by atoms with Gasteiger partial charge < -0.3 is 19.3 Å². The van der Waals surface area contributed by atoms with Crippen LogP contribution >= 0.6 is 0 Å². The quantitative estimate of drug-likeness (QED) is 0.168. The van der Waals surface area contributed by atoms with Crippen LogP contribution in [0.4, 0.5) is 18.9 Å². The van der Waals surface area contributed by atoms with Crippen molar-refractivity contribution in [1.29, 1.82) is 0 Å². The Morgan fingerprint density at radius 3 is 2.31 bits per heavy atom. The third kappa shape index (κ3) is 7.11. The van der Waals surface area contributed by atoms with Crippen LogP contribution in [0.3, 0.4) is 0 Å². The molecule has 0 spiro atoms. The van der Waals surface area contributed by atoms with Crippen LogP contribution in [-0.2, 0) is 4.74 Å². The molecular formula is C22H28F3N3O4. The van der Waals surface area contributed by atoms with Gasteiger partial charge in [-0.3, -0.25) is 5.01 Å². The fraction of sp³-hybridized carbons (Fsp3) is 0.409. The average molecular weight is 455 g/mol. The van der Waals surface area contributed by atoms with Gasteiger partial charge >= 0.3 is 0 Å². The molecule has 0 heterocycles. The van der Waals surface area contributed by atoms with Gasteiger partial charge in [-0.2, -0.15) is 0 Å². The standard InChI is InChI=1S/C22H28F3N3O4/c1-16(22(24,25)14-23)13-31-15-27-21(17-3-7-20(8-4-17)32-12-11-29)28(26)18-5-9-19(30-2)10-6-18/h3-10,16,29H,11-15,26H2,1-2H3/b27-21-. The first-order valence-corrected chi connectivity index (χ1v) is 9.91. The molecule has 32 heavy (non-hydrogen) atoms. The summed E-state index contributed by atoms with van der Waals surface area (Å²) in [6.45, 7) is -1.11. The lowest BCUT2D eigenvalue weighted by molar-refractivity contribution is -0.0938. The summed E-state index contributed by atoms with van der Waals surface area (Å²) >= 11 is 0. The number of hydrazine groups is 1. The van der Waals surface area contributed by atoms with Crippen molar-refractivity contribution in [1.82, 2.24) is 0 Å². The van der Waals surface area contributed by atoms with E-state index in [1.807, 2.05) is 0 Å². The number of ether oxygens (including phenoxy) is 3. The van der Waals surface area contributed by atoms with Gasteiger partial charge in [0.2, 0.25) is 0 Å². The first-order valence-electron chi connectivity index (χ1n) is 9.91. The molecule has 2 rings (SSSR count). The number of hydrogen-bond acceptors (Lipinski definition) is 6. The highest BCUT2D eigenvalue weighted by Gasteiger charge is 2.36. The second-order valence-electron chi connectivity index (χ2n) is 6.94. The molecule has 0 fully saturated rings. The van der Waals surface area contributed by atoms with Crippen molar-refractivity contribution in [3.8, 4) is 11.5 Å². The highest BCUT2D eigenvalue weighted by Crippen LogP contribution is 2.25. The van der Waals surface area contributed by atoms with Crippen molar-refractivity contribution in [2.24, 2.45) is 16.8 Å². The summed E-state index contributed by atoms with van der Waals surface area (Å²) in [5.41, 5.74) is 1.22. The average Bonchev–Trinajstić information content (AvgIpc) is 2.82. The SMILES string of the molecule is COc1ccc(N(N)/C(=N\COCC(C)C(F)(F)CF)c2ccc(OCCO)cc2)cc1. The van der Waals surface area contributed by atoms with Crippen LogP contribution in [0, 0.1) is 5.92 Å². The number of aliphatic imine (C=N–C) groups is 1. The molecule has 1 unspecified atom stereocenters. The van der Waals surface area contributed by atoms with E-state index in [1.54, 1.807) is 55.6 Å². The van der Waals surface area contributed by atoms with Crippen LogP contribution < -0.4 is 20.3 Å². The summed E-state index contributed by atoms with van der Waals surface area (Å²) in [6.07, 6.45) is 0. The molecule has 0 aliphatic carbocycles. The Hall–Kier alpha value is -2.82. The predicted octanol–water partition coefficient (Wildman–Crippen LogP) is 3.41. The van der Waals surface area contributed by atoms with E-state index >= 15 is 0 Å². The molecule has 2 aromatic carbocycles. The molecule has 7 nitrogen and oxygen atoms in total. The van der Waals surface area contributed by atoms with E-state index in [2.05, 4.69) is 4.99 Å². The van der Waals surface area contributed by atoms with E-state index in [4.69, 9.17) is 25.2 Å². The minimum absolute atomic E-state index is 0.111. The third-order valence-corrected chi connectivity index (χ3v) is 4.62. The van der Waals surface area contributed by atoms with Crippen molar-refractivity contribution >= 4 is 11.5 Å². The van der Waals surface area contributed by atoms with Gasteiger partial charge in [0, 0.05) is 11.5 Å². The molecule has 0 saturated heterocycles. The van der Waals surface area contributed by atoms with Crippen LogP contribution in [0.5, 0.6) is 11.5 Å². The number of hydrogen-bond donors (Lipinski definition) is 2. The van der Waals surface area contributed by atoms with Crippen LogP contribution in [0.25, 0.3) is 0 Å². The molecule has 0 aliphatic rings. The van der Waals surface area contributed by atoms with Gasteiger partial charge in [0.05, 0.1) is 26.0 Å². The lowest BCUT2D eigenvalue weighted by Gasteiger charge is -2.22. The van der Waals surface area contributed by atoms with Gasteiger partial charge in [0.1, 0.15) is 24.8 Å². The Morgan fingerprint density at radius 1 is 1.12 bits per heavy atom. The zero-order valence-electron chi connectivity index (χ0n) is 18.0. The summed E-state index contributed by atoms with van der Waals surface area (Å²) in [5.74, 6) is 3.04. The lowest BCUT2D eigenvalue weighted by Crippen LogP contribution is -2.38. The van der Waals surface area contributed by atoms with E-state index in [-0.39, 0.29) is 26.6 Å². The van der Waals surface area contributed by atoms with Gasteiger partial charge in [-0.15, -0.1) is 0 Å². The summed E-state index contributed by atoms with van der Waals surface area (Å²) in [6, 6.07) is 13.7. The number of alkyl halides is 3. The molecule has 0 saturated carbocycles. The van der Waals surface area contributed by atoms with Gasteiger partial charge in [-0.25, -0.2) is 24.0 Å². The molecule has 176 valence electrons. The first kappa shape index (κ1) is 25.4. The van der Waals surface area contributed by atoms with Crippen molar-refractivity contribution in [3.63, 3.8) is 0 Å². The minimum Gasteiger partial charge on any atom is -0.497 e. The van der Waals surface area contributed by atoms with Crippen molar-refractivity contribution in [2.45, 2.75) is 12.8 Å². The molecule has 1 atom stereocenters. The van der Waals surface area contributed by atoms with Crippen LogP contribution in [0.15, 0.2) is 53.5 Å². The number of nitrogens with zero attached hydrogens (tertiary/aromatic N) is 2. The number of amidine groups is 1. The van der Waals surface area contributed by atoms with E-state index in [0.717, 1.165) is 0 Å². The smallest absolute Gasteiger partial charge is 0.280 e. The van der Waals surface area contributed by atoms with E-state index < -0.39 is 18.5 Å². The van der Waals surface area contributed by atoms with Gasteiger partial charge in [-0.05, 0) is 48.5 Å². The molecule has 0 aliphatic heterocycles. The van der Waals surface area contributed by atoms with Crippen LogP contribution in [0.1, 0.15) is 12.5 Å². The number of rotatable bonds is 12. The van der Waals surface area contributed by atoms with Gasteiger partial charge in [0.25, 0.3) is 5.92 Å². The zero-order valence-corrected chi connectivity index (χ0v) is 18.0. The Bertz CT molecular complexity index is 849. The number of anilines is 1. The van der Waals surface area contributed by atoms with Crippen LogP contribution in [-0.4, -0.2) is 57.2 Å². The van der Waals surface area contributed by atoms with E-state index in [0.29, 0.717) is 28.6 Å². The number of aliphatic hydroxyl groups excluding tert-OH is 1.